The number of nitrogens with one attached hydrogen (secondary N) is 1. The highest BCUT2D eigenvalue weighted by molar-refractivity contribution is 5.85. The molecule has 1 saturated heterocycles. The summed E-state index contributed by atoms with van der Waals surface area (Å²) in [6.45, 7) is 1.64. The highest BCUT2D eigenvalue weighted by Crippen LogP contribution is 2.48. The maximum atomic E-state index is 12.4. The number of carbonyl (C=O) groups excluding carboxylic acids is 1. The number of fused-ring (bicyclic) bond motifs is 1. The number of carbonyl (C=O) groups is 2. The molecule has 0 aromatic heterocycles. The van der Waals surface area contributed by atoms with Crippen LogP contribution in [0.15, 0.2) is 12.1 Å². The smallest absolute Gasteiger partial charge is 0.311 e. The van der Waals surface area contributed by atoms with Gasteiger partial charge in [0.25, 0.3) is 0 Å². The fourth-order valence-electron chi connectivity index (χ4n) is 4.56. The number of hydrogen-bond donors (Lipinski definition) is 2. The van der Waals surface area contributed by atoms with Gasteiger partial charge in [0.05, 0.1) is 33.3 Å². The van der Waals surface area contributed by atoms with Gasteiger partial charge in [-0.15, -0.1) is 12.4 Å². The van der Waals surface area contributed by atoms with Crippen LogP contribution in [0.3, 0.4) is 0 Å². The zero-order valence-corrected chi connectivity index (χ0v) is 17.8. The Morgan fingerprint density at radius 2 is 1.86 bits per heavy atom. The van der Waals surface area contributed by atoms with Gasteiger partial charge < -0.3 is 24.6 Å². The zero-order chi connectivity index (χ0) is 20.3. The average molecular weight is 429 g/mol. The number of ether oxygens (including phenoxy) is 3. The summed E-state index contributed by atoms with van der Waals surface area (Å²) in [5.41, 5.74) is 0.153. The van der Waals surface area contributed by atoms with Gasteiger partial charge in [0.2, 0.25) is 11.7 Å². The van der Waals surface area contributed by atoms with Crippen LogP contribution in [-0.2, 0) is 16.1 Å². The van der Waals surface area contributed by atoms with Crippen molar-refractivity contribution in [2.45, 2.75) is 25.8 Å². The summed E-state index contributed by atoms with van der Waals surface area (Å²) < 4.78 is 16.0. The molecule has 2 N–H and O–H groups in total. The lowest BCUT2D eigenvalue weighted by atomic mass is 9.81. The fourth-order valence-corrected chi connectivity index (χ4v) is 4.56. The van der Waals surface area contributed by atoms with Gasteiger partial charge in [0.15, 0.2) is 11.5 Å². The predicted octanol–water partition coefficient (Wildman–Crippen LogP) is 1.94. The molecule has 1 aliphatic carbocycles. The lowest BCUT2D eigenvalue weighted by Crippen LogP contribution is -2.39. The maximum Gasteiger partial charge on any atom is 0.311 e. The van der Waals surface area contributed by atoms with E-state index < -0.39 is 11.4 Å². The number of benzene rings is 1. The second-order valence-electron chi connectivity index (χ2n) is 7.53. The first-order valence-electron chi connectivity index (χ1n) is 9.45. The van der Waals surface area contributed by atoms with Gasteiger partial charge in [-0.05, 0) is 36.5 Å². The van der Waals surface area contributed by atoms with Crippen molar-refractivity contribution in [1.29, 1.82) is 0 Å². The number of aliphatic carboxylic acids is 1. The lowest BCUT2D eigenvalue weighted by Gasteiger charge is -2.23. The molecule has 2 aliphatic rings. The Balaban J connectivity index is 0.00000300. The molecule has 1 heterocycles. The number of amides is 1. The maximum absolute atomic E-state index is 12.4. The van der Waals surface area contributed by atoms with Crippen LogP contribution in [0.5, 0.6) is 17.2 Å². The number of halogens is 1. The Bertz CT molecular complexity index is 733. The summed E-state index contributed by atoms with van der Waals surface area (Å²) in [5, 5.41) is 12.6. The van der Waals surface area contributed by atoms with Crippen LogP contribution in [0.2, 0.25) is 0 Å². The molecular weight excluding hydrogens is 400 g/mol. The van der Waals surface area contributed by atoms with Gasteiger partial charge in [-0.2, -0.15) is 0 Å². The number of likely N-dealkylation sites (tertiary alicyclic amines) is 1. The Morgan fingerprint density at radius 3 is 2.38 bits per heavy atom. The van der Waals surface area contributed by atoms with Gasteiger partial charge in [0, 0.05) is 19.6 Å². The molecule has 0 spiro atoms. The van der Waals surface area contributed by atoms with Crippen LogP contribution >= 0.6 is 12.4 Å². The molecule has 0 unspecified atom stereocenters. The minimum absolute atomic E-state index is 0. The standard InChI is InChI=1S/C20H28N2O6.ClH/c1-26-15-7-13(8-16(27-2)18(15)28-3)9-21-17(23)11-22-10-14-5-4-6-20(14,12-22)19(24)25;/h7-8,14H,4-6,9-12H2,1-3H3,(H,21,23)(H,24,25);1H/t14-,20+;/m0./s1. The van der Waals surface area contributed by atoms with Crippen molar-refractivity contribution in [3.05, 3.63) is 17.7 Å². The van der Waals surface area contributed by atoms with Crippen molar-refractivity contribution >= 4 is 24.3 Å². The molecule has 29 heavy (non-hydrogen) atoms. The second kappa shape index (κ2) is 9.54. The van der Waals surface area contributed by atoms with Gasteiger partial charge in [-0.1, -0.05) is 6.42 Å². The first-order chi connectivity index (χ1) is 13.4. The first-order valence-corrected chi connectivity index (χ1v) is 9.45. The van der Waals surface area contributed by atoms with E-state index in [9.17, 15) is 14.7 Å². The van der Waals surface area contributed by atoms with Crippen LogP contribution in [0.1, 0.15) is 24.8 Å². The van der Waals surface area contributed by atoms with Crippen LogP contribution < -0.4 is 19.5 Å². The number of methoxy groups -OCH3 is 3. The van der Waals surface area contributed by atoms with Crippen molar-refractivity contribution in [3.8, 4) is 17.2 Å². The minimum Gasteiger partial charge on any atom is -0.493 e. The van der Waals surface area contributed by atoms with Crippen molar-refractivity contribution in [2.75, 3.05) is 41.0 Å². The van der Waals surface area contributed by atoms with Crippen LogP contribution in [0.4, 0.5) is 0 Å². The summed E-state index contributed by atoms with van der Waals surface area (Å²) in [7, 11) is 4.63. The van der Waals surface area contributed by atoms with E-state index in [2.05, 4.69) is 5.32 Å². The highest BCUT2D eigenvalue weighted by Gasteiger charge is 2.54. The van der Waals surface area contributed by atoms with E-state index in [0.29, 0.717) is 43.3 Å². The predicted molar refractivity (Wildman–Crippen MR) is 109 cm³/mol. The van der Waals surface area contributed by atoms with Crippen molar-refractivity contribution in [3.63, 3.8) is 0 Å². The molecular formula is C20H29ClN2O6. The van der Waals surface area contributed by atoms with Crippen molar-refractivity contribution in [1.82, 2.24) is 10.2 Å². The third-order valence-electron chi connectivity index (χ3n) is 5.95. The van der Waals surface area contributed by atoms with Crippen molar-refractivity contribution in [2.24, 2.45) is 11.3 Å². The normalized spacial score (nSPS) is 23.1. The Hall–Kier alpha value is -2.19. The number of rotatable bonds is 8. The van der Waals surface area contributed by atoms with Gasteiger partial charge in [0.1, 0.15) is 0 Å². The summed E-state index contributed by atoms with van der Waals surface area (Å²) in [5.74, 6) is 0.851. The Morgan fingerprint density at radius 1 is 1.21 bits per heavy atom. The number of carboxylic acid groups (broad SMARTS) is 1. The topological polar surface area (TPSA) is 97.3 Å². The van der Waals surface area contributed by atoms with Crippen molar-refractivity contribution < 1.29 is 28.9 Å². The van der Waals surface area contributed by atoms with E-state index in [1.165, 1.54) is 7.11 Å². The third kappa shape index (κ3) is 4.53. The first kappa shape index (κ1) is 23.1. The molecule has 1 aromatic carbocycles. The molecule has 3 rings (SSSR count). The van der Waals surface area contributed by atoms with Gasteiger partial charge in [-0.3, -0.25) is 14.5 Å². The van der Waals surface area contributed by atoms with Crippen LogP contribution in [-0.4, -0.2) is 62.8 Å². The molecule has 162 valence electrons. The Labute approximate surface area is 176 Å². The monoisotopic (exact) mass is 428 g/mol. The Kier molecular flexibility index (Phi) is 7.60. The molecule has 1 aromatic rings. The zero-order valence-electron chi connectivity index (χ0n) is 17.0. The SMILES string of the molecule is COc1cc(CNC(=O)CN2C[C@@H]3CCC[C@@]3(C(=O)O)C2)cc(OC)c1OC.Cl. The lowest BCUT2D eigenvalue weighted by molar-refractivity contribution is -0.149. The number of nitrogens with zero attached hydrogens (tertiary/aromatic N) is 1. The molecule has 1 saturated carbocycles. The molecule has 0 bridgehead atoms. The summed E-state index contributed by atoms with van der Waals surface area (Å²) in [4.78, 5) is 26.1. The second-order valence-corrected chi connectivity index (χ2v) is 7.53. The quantitative estimate of drug-likeness (QED) is 0.653. The third-order valence-corrected chi connectivity index (χ3v) is 5.95. The molecule has 2 atom stereocenters. The summed E-state index contributed by atoms with van der Waals surface area (Å²) >= 11 is 0. The molecule has 2 fully saturated rings. The minimum atomic E-state index is -0.727. The largest absolute Gasteiger partial charge is 0.493 e. The van der Waals surface area contributed by atoms with Gasteiger partial charge in [-0.25, -0.2) is 0 Å². The van der Waals surface area contributed by atoms with Crippen LogP contribution in [0.25, 0.3) is 0 Å². The number of carboxylic acids is 1. The molecule has 1 amide bonds. The van der Waals surface area contributed by atoms with E-state index in [4.69, 9.17) is 14.2 Å². The fraction of sp³-hybridized carbons (Fsp3) is 0.600. The van der Waals surface area contributed by atoms with E-state index in [1.807, 2.05) is 4.90 Å². The average Bonchev–Trinajstić information content (AvgIpc) is 3.23. The highest BCUT2D eigenvalue weighted by atomic mass is 35.5. The van der Waals surface area contributed by atoms with E-state index in [1.54, 1.807) is 26.4 Å². The van der Waals surface area contributed by atoms with Crippen LogP contribution in [0, 0.1) is 11.3 Å². The molecule has 9 heteroatoms. The molecule has 1 aliphatic heterocycles. The number of hydrogen-bond acceptors (Lipinski definition) is 6. The summed E-state index contributed by atoms with van der Waals surface area (Å²) in [6, 6.07) is 3.59. The summed E-state index contributed by atoms with van der Waals surface area (Å²) in [6.07, 6.45) is 2.59. The van der Waals surface area contributed by atoms with E-state index in [-0.39, 0.29) is 30.8 Å². The van der Waals surface area contributed by atoms with Gasteiger partial charge >= 0.3 is 5.97 Å². The molecule has 0 radical (unpaired) electrons. The van der Waals surface area contributed by atoms with E-state index in [0.717, 1.165) is 18.4 Å². The molecule has 8 nitrogen and oxygen atoms in total. The van der Waals surface area contributed by atoms with E-state index >= 15 is 0 Å².